The predicted molar refractivity (Wildman–Crippen MR) is 163 cm³/mol. The molecule has 4 aromatic rings. The maximum Gasteiger partial charge on any atom is 0.221 e. The first-order valence-electron chi connectivity index (χ1n) is 14.2. The number of anilines is 2. The molecular weight excluding hydrogens is 518 g/mol. The average molecular weight is 558 g/mol. The largest absolute Gasteiger partial charge is 0.370 e. The number of carbonyl (C=O) groups is 2. The Morgan fingerprint density at radius 3 is 1.46 bits per heavy atom. The zero-order valence-electron chi connectivity index (χ0n) is 23.8. The molecule has 4 heterocycles. The van der Waals surface area contributed by atoms with Crippen LogP contribution in [0, 0.1) is 13.8 Å². The number of pyridine rings is 4. The van der Waals surface area contributed by atoms with Gasteiger partial charge in [0.2, 0.25) is 11.8 Å². The van der Waals surface area contributed by atoms with E-state index in [1.165, 1.54) is 0 Å². The molecule has 0 aliphatic rings. The second kappa shape index (κ2) is 15.4. The van der Waals surface area contributed by atoms with Gasteiger partial charge in [0, 0.05) is 74.3 Å². The summed E-state index contributed by atoms with van der Waals surface area (Å²) in [6.07, 6.45) is 2.31. The van der Waals surface area contributed by atoms with Crippen molar-refractivity contribution in [2.75, 3.05) is 49.9 Å². The first kappa shape index (κ1) is 29.6. The molecule has 0 radical (unpaired) electrons. The number of hydrogen-bond donors (Lipinski definition) is 5. The van der Waals surface area contributed by atoms with Crippen LogP contribution in [0.2, 0.25) is 0 Å². The smallest absolute Gasteiger partial charge is 0.221 e. The molecule has 2 amide bonds. The molecule has 216 valence electrons. The summed E-state index contributed by atoms with van der Waals surface area (Å²) in [5, 5.41) is 17.6. The van der Waals surface area contributed by atoms with Crippen LogP contribution in [0.1, 0.15) is 37.1 Å². The van der Waals surface area contributed by atoms with Gasteiger partial charge in [0.05, 0.1) is 0 Å². The van der Waals surface area contributed by atoms with Crippen LogP contribution in [0.4, 0.5) is 11.6 Å². The molecule has 0 saturated carbocycles. The number of hydrogen-bond acceptors (Lipinski definition) is 9. The Balaban J connectivity index is 0.969. The van der Waals surface area contributed by atoms with Gasteiger partial charge in [-0.05, 0) is 75.2 Å². The van der Waals surface area contributed by atoms with E-state index in [4.69, 9.17) is 0 Å². The van der Waals surface area contributed by atoms with E-state index < -0.39 is 0 Å². The number of nitrogens with zero attached hydrogens (tertiary/aromatic N) is 4. The monoisotopic (exact) mass is 557 g/mol. The lowest BCUT2D eigenvalue weighted by molar-refractivity contribution is -0.121. The first-order chi connectivity index (χ1) is 20.0. The lowest BCUT2D eigenvalue weighted by atomic mass is 10.2. The fourth-order valence-electron chi connectivity index (χ4n) is 4.15. The van der Waals surface area contributed by atoms with E-state index in [9.17, 15) is 9.59 Å². The van der Waals surface area contributed by atoms with Crippen LogP contribution in [-0.2, 0) is 9.59 Å². The average Bonchev–Trinajstić information content (AvgIpc) is 2.96. The standard InChI is InChI=1S/C30H39N9O2/c1-21-5-7-23-9-11-25(38-29(23)36-21)32-15-3-17-34-27(40)13-19-31-20-14-28(41)35-18-4-16-33-26-12-10-24-8-6-22(2)37-30(24)39-26/h5-12,31H,3-4,13-20H2,1-2H3,(H,34,40)(H,35,41)(H,32,36,38)(H,33,37,39). The van der Waals surface area contributed by atoms with Crippen molar-refractivity contribution in [3.63, 3.8) is 0 Å². The fraction of sp³-hybridized carbons (Fsp3) is 0.400. The van der Waals surface area contributed by atoms with E-state index >= 15 is 0 Å². The molecule has 41 heavy (non-hydrogen) atoms. The molecule has 0 spiro atoms. The fourth-order valence-corrected chi connectivity index (χ4v) is 4.15. The summed E-state index contributed by atoms with van der Waals surface area (Å²) in [6.45, 7) is 7.52. The minimum atomic E-state index is -0.00947. The van der Waals surface area contributed by atoms with Gasteiger partial charge in [-0.3, -0.25) is 9.59 Å². The third-order valence-electron chi connectivity index (χ3n) is 6.40. The Morgan fingerprint density at radius 1 is 0.561 bits per heavy atom. The van der Waals surface area contributed by atoms with Crippen molar-refractivity contribution in [2.45, 2.75) is 39.5 Å². The SMILES string of the molecule is Cc1ccc2ccc(NCCCNC(=O)CCNCCC(=O)NCCCNc3ccc4ccc(C)nc4n3)nc2n1. The minimum Gasteiger partial charge on any atom is -0.370 e. The van der Waals surface area contributed by atoms with Crippen molar-refractivity contribution in [1.82, 2.24) is 35.9 Å². The Morgan fingerprint density at radius 2 is 1.00 bits per heavy atom. The van der Waals surface area contributed by atoms with Crippen molar-refractivity contribution in [2.24, 2.45) is 0 Å². The molecular formula is C30H39N9O2. The Kier molecular flexibility index (Phi) is 11.1. The number of nitrogens with one attached hydrogen (secondary N) is 5. The summed E-state index contributed by atoms with van der Waals surface area (Å²) < 4.78 is 0. The maximum absolute atomic E-state index is 12.1. The van der Waals surface area contributed by atoms with Gasteiger partial charge in [-0.1, -0.05) is 0 Å². The van der Waals surface area contributed by atoms with Gasteiger partial charge in [0.1, 0.15) is 11.6 Å². The van der Waals surface area contributed by atoms with E-state index in [0.717, 1.165) is 57.9 Å². The Hall–Kier alpha value is -4.38. The highest BCUT2D eigenvalue weighted by Gasteiger charge is 2.04. The summed E-state index contributed by atoms with van der Waals surface area (Å²) in [4.78, 5) is 42.1. The number of rotatable bonds is 16. The van der Waals surface area contributed by atoms with Crippen molar-refractivity contribution >= 4 is 45.5 Å². The number of fused-ring (bicyclic) bond motifs is 2. The van der Waals surface area contributed by atoms with E-state index in [-0.39, 0.29) is 11.8 Å². The van der Waals surface area contributed by atoms with Gasteiger partial charge in [0.25, 0.3) is 0 Å². The summed E-state index contributed by atoms with van der Waals surface area (Å²) >= 11 is 0. The molecule has 0 aliphatic carbocycles. The van der Waals surface area contributed by atoms with Gasteiger partial charge in [-0.15, -0.1) is 0 Å². The molecule has 11 nitrogen and oxygen atoms in total. The van der Waals surface area contributed by atoms with Gasteiger partial charge >= 0.3 is 0 Å². The van der Waals surface area contributed by atoms with Crippen LogP contribution in [-0.4, -0.2) is 71.0 Å². The van der Waals surface area contributed by atoms with Gasteiger partial charge in [-0.2, -0.15) is 0 Å². The summed E-state index contributed by atoms with van der Waals surface area (Å²) in [7, 11) is 0. The number of aromatic nitrogens is 4. The van der Waals surface area contributed by atoms with Crippen LogP contribution in [0.5, 0.6) is 0 Å². The van der Waals surface area contributed by atoms with Crippen molar-refractivity contribution in [3.8, 4) is 0 Å². The molecule has 4 aromatic heterocycles. The zero-order chi connectivity index (χ0) is 28.9. The minimum absolute atomic E-state index is 0.00947. The third kappa shape index (κ3) is 9.95. The zero-order valence-corrected chi connectivity index (χ0v) is 23.8. The second-order valence-corrected chi connectivity index (χ2v) is 9.90. The predicted octanol–water partition coefficient (Wildman–Crippen LogP) is 3.10. The lowest BCUT2D eigenvalue weighted by Gasteiger charge is -2.09. The molecule has 0 bridgehead atoms. The maximum atomic E-state index is 12.1. The van der Waals surface area contributed by atoms with Gasteiger partial charge in [-0.25, -0.2) is 19.9 Å². The summed E-state index contributed by atoms with van der Waals surface area (Å²) in [6, 6.07) is 15.8. The van der Waals surface area contributed by atoms with Crippen molar-refractivity contribution in [1.29, 1.82) is 0 Å². The van der Waals surface area contributed by atoms with Crippen LogP contribution in [0.15, 0.2) is 48.5 Å². The molecule has 4 rings (SSSR count). The normalized spacial score (nSPS) is 11.0. The molecule has 5 N–H and O–H groups in total. The molecule has 0 aromatic carbocycles. The van der Waals surface area contributed by atoms with Gasteiger partial charge in [0.15, 0.2) is 11.3 Å². The molecule has 0 atom stereocenters. The molecule has 0 aliphatic heterocycles. The summed E-state index contributed by atoms with van der Waals surface area (Å²) in [5.41, 5.74) is 3.33. The van der Waals surface area contributed by atoms with E-state index in [1.54, 1.807) is 0 Å². The second-order valence-electron chi connectivity index (χ2n) is 9.90. The van der Waals surface area contributed by atoms with E-state index in [2.05, 4.69) is 46.5 Å². The lowest BCUT2D eigenvalue weighted by Crippen LogP contribution is -2.32. The molecule has 0 saturated heterocycles. The number of carbonyl (C=O) groups excluding carboxylic acids is 2. The highest BCUT2D eigenvalue weighted by molar-refractivity contribution is 5.78. The van der Waals surface area contributed by atoms with Crippen molar-refractivity contribution in [3.05, 3.63) is 59.9 Å². The van der Waals surface area contributed by atoms with Crippen LogP contribution in [0.25, 0.3) is 22.1 Å². The molecule has 0 fully saturated rings. The number of amides is 2. The first-order valence-corrected chi connectivity index (χ1v) is 14.2. The quantitative estimate of drug-likeness (QED) is 0.131. The third-order valence-corrected chi connectivity index (χ3v) is 6.40. The van der Waals surface area contributed by atoms with E-state index in [1.807, 2.05) is 62.4 Å². The molecule has 0 unspecified atom stereocenters. The van der Waals surface area contributed by atoms with Crippen molar-refractivity contribution < 1.29 is 9.59 Å². The Labute approximate surface area is 240 Å². The highest BCUT2D eigenvalue weighted by Crippen LogP contribution is 2.14. The van der Waals surface area contributed by atoms with Crippen LogP contribution >= 0.6 is 0 Å². The van der Waals surface area contributed by atoms with Crippen LogP contribution in [0.3, 0.4) is 0 Å². The topological polar surface area (TPSA) is 146 Å². The summed E-state index contributed by atoms with van der Waals surface area (Å²) in [5.74, 6) is 1.53. The highest BCUT2D eigenvalue weighted by atomic mass is 16.2. The molecule has 11 heteroatoms. The Bertz CT molecular complexity index is 1350. The van der Waals surface area contributed by atoms with E-state index in [0.29, 0.717) is 52.1 Å². The van der Waals surface area contributed by atoms with Crippen LogP contribution < -0.4 is 26.6 Å². The number of aryl methyl sites for hydroxylation is 2. The van der Waals surface area contributed by atoms with Gasteiger partial charge < -0.3 is 26.6 Å².